The van der Waals surface area contributed by atoms with E-state index >= 15 is 0 Å². The molecule has 1 aliphatic heterocycles. The third-order valence-electron chi connectivity index (χ3n) is 4.75. The average Bonchev–Trinajstić information content (AvgIpc) is 2.76. The van der Waals surface area contributed by atoms with E-state index in [2.05, 4.69) is 5.32 Å². The Morgan fingerprint density at radius 1 is 1.07 bits per heavy atom. The topological polar surface area (TPSA) is 56.8 Å². The summed E-state index contributed by atoms with van der Waals surface area (Å²) in [6.45, 7) is 0.204. The van der Waals surface area contributed by atoms with E-state index < -0.39 is 11.7 Å². The van der Waals surface area contributed by atoms with Gasteiger partial charge in [-0.15, -0.1) is 0 Å². The number of benzene rings is 3. The number of anilines is 1. The van der Waals surface area contributed by atoms with E-state index in [0.29, 0.717) is 23.7 Å². The maximum atomic E-state index is 14.5. The number of hydrogen-bond donors (Lipinski definition) is 1. The lowest BCUT2D eigenvalue weighted by Gasteiger charge is -2.25. The number of methoxy groups -OCH3 is 1. The zero-order chi connectivity index (χ0) is 20.2. The molecule has 1 heterocycles. The SMILES string of the molecule is COc1ccc2c(c1)OCC(C(=O)Nc1c(F)cccc1Oc1ccccc1)C2. The van der Waals surface area contributed by atoms with Crippen LogP contribution >= 0.6 is 0 Å². The average molecular weight is 393 g/mol. The molecule has 29 heavy (non-hydrogen) atoms. The second-order valence-corrected chi connectivity index (χ2v) is 6.70. The lowest BCUT2D eigenvalue weighted by Crippen LogP contribution is -2.33. The number of amides is 1. The third kappa shape index (κ3) is 4.16. The summed E-state index contributed by atoms with van der Waals surface area (Å²) >= 11 is 0. The number of fused-ring (bicyclic) bond motifs is 1. The quantitative estimate of drug-likeness (QED) is 0.675. The Morgan fingerprint density at radius 3 is 2.69 bits per heavy atom. The number of nitrogens with one attached hydrogen (secondary N) is 1. The lowest BCUT2D eigenvalue weighted by molar-refractivity contribution is -0.121. The highest BCUT2D eigenvalue weighted by atomic mass is 19.1. The second kappa shape index (κ2) is 8.22. The monoisotopic (exact) mass is 393 g/mol. The first kappa shape index (κ1) is 18.8. The fourth-order valence-electron chi connectivity index (χ4n) is 3.20. The molecular weight excluding hydrogens is 373 g/mol. The summed E-state index contributed by atoms with van der Waals surface area (Å²) in [6, 6.07) is 19.0. The van der Waals surface area contributed by atoms with E-state index in [1.54, 1.807) is 31.4 Å². The van der Waals surface area contributed by atoms with Crippen LogP contribution < -0.4 is 19.5 Å². The Bertz CT molecular complexity index is 1020. The molecule has 5 nitrogen and oxygen atoms in total. The standard InChI is InChI=1S/C23H20FNO4/c1-27-18-11-10-15-12-16(14-28-21(15)13-18)23(26)25-22-19(24)8-5-9-20(22)29-17-6-3-2-4-7-17/h2-11,13,16H,12,14H2,1H3,(H,25,26). The molecule has 1 atom stereocenters. The number of carbonyl (C=O) groups is 1. The molecule has 1 aliphatic rings. The fourth-order valence-corrected chi connectivity index (χ4v) is 3.20. The van der Waals surface area contributed by atoms with Crippen LogP contribution in [0.2, 0.25) is 0 Å². The Balaban J connectivity index is 1.51. The third-order valence-corrected chi connectivity index (χ3v) is 4.75. The fraction of sp³-hybridized carbons (Fsp3) is 0.174. The van der Waals surface area contributed by atoms with Gasteiger partial charge in [-0.1, -0.05) is 30.3 Å². The van der Waals surface area contributed by atoms with Gasteiger partial charge in [0.05, 0.1) is 13.0 Å². The molecule has 1 unspecified atom stereocenters. The van der Waals surface area contributed by atoms with E-state index in [1.807, 2.05) is 30.3 Å². The van der Waals surface area contributed by atoms with Gasteiger partial charge in [-0.3, -0.25) is 4.79 Å². The maximum absolute atomic E-state index is 14.5. The highest BCUT2D eigenvalue weighted by Crippen LogP contribution is 2.34. The predicted molar refractivity (Wildman–Crippen MR) is 107 cm³/mol. The van der Waals surface area contributed by atoms with Gasteiger partial charge in [0.25, 0.3) is 0 Å². The molecule has 148 valence electrons. The van der Waals surface area contributed by atoms with Crippen molar-refractivity contribution in [2.24, 2.45) is 5.92 Å². The summed E-state index contributed by atoms with van der Waals surface area (Å²) in [5.74, 6) is 0.861. The molecule has 0 spiro atoms. The molecule has 1 N–H and O–H groups in total. The molecule has 0 saturated carbocycles. The number of rotatable bonds is 5. The van der Waals surface area contributed by atoms with Crippen LogP contribution in [0.1, 0.15) is 5.56 Å². The number of carbonyl (C=O) groups excluding carboxylic acids is 1. The summed E-state index contributed by atoms with van der Waals surface area (Å²) < 4.78 is 31.1. The molecule has 0 fully saturated rings. The van der Waals surface area contributed by atoms with Crippen LogP contribution in [0.5, 0.6) is 23.0 Å². The van der Waals surface area contributed by atoms with Crippen molar-refractivity contribution in [1.82, 2.24) is 0 Å². The smallest absolute Gasteiger partial charge is 0.231 e. The van der Waals surface area contributed by atoms with E-state index in [-0.39, 0.29) is 24.0 Å². The van der Waals surface area contributed by atoms with Gasteiger partial charge < -0.3 is 19.5 Å². The van der Waals surface area contributed by atoms with Gasteiger partial charge in [-0.05, 0) is 42.3 Å². The van der Waals surface area contributed by atoms with Crippen molar-refractivity contribution >= 4 is 11.6 Å². The molecule has 0 aromatic heterocycles. The Labute approximate surface area is 168 Å². The normalized spacial score (nSPS) is 15.0. The van der Waals surface area contributed by atoms with Crippen molar-refractivity contribution in [2.45, 2.75) is 6.42 Å². The minimum absolute atomic E-state index is 0.0156. The first-order valence-electron chi connectivity index (χ1n) is 9.26. The first-order valence-corrected chi connectivity index (χ1v) is 9.26. The van der Waals surface area contributed by atoms with Crippen molar-refractivity contribution in [3.05, 3.63) is 78.1 Å². The van der Waals surface area contributed by atoms with Gasteiger partial charge in [-0.25, -0.2) is 4.39 Å². The van der Waals surface area contributed by atoms with Crippen molar-refractivity contribution < 1.29 is 23.4 Å². The van der Waals surface area contributed by atoms with Crippen molar-refractivity contribution in [3.8, 4) is 23.0 Å². The summed E-state index contributed by atoms with van der Waals surface area (Å²) in [7, 11) is 1.59. The maximum Gasteiger partial charge on any atom is 0.231 e. The van der Waals surface area contributed by atoms with E-state index in [9.17, 15) is 9.18 Å². The van der Waals surface area contributed by atoms with E-state index in [4.69, 9.17) is 14.2 Å². The van der Waals surface area contributed by atoms with Crippen molar-refractivity contribution in [3.63, 3.8) is 0 Å². The number of ether oxygens (including phenoxy) is 3. The Hall–Kier alpha value is -3.54. The largest absolute Gasteiger partial charge is 0.497 e. The van der Waals surface area contributed by atoms with Crippen LogP contribution in [-0.4, -0.2) is 19.6 Å². The van der Waals surface area contributed by atoms with Crippen LogP contribution in [0.3, 0.4) is 0 Å². The zero-order valence-electron chi connectivity index (χ0n) is 15.9. The molecule has 3 aromatic rings. The predicted octanol–water partition coefficient (Wildman–Crippen LogP) is 4.82. The van der Waals surface area contributed by atoms with Crippen LogP contribution in [0.25, 0.3) is 0 Å². The summed E-state index contributed by atoms with van der Waals surface area (Å²) in [5, 5.41) is 2.68. The minimum Gasteiger partial charge on any atom is -0.497 e. The van der Waals surface area contributed by atoms with Gasteiger partial charge in [0.1, 0.15) is 29.5 Å². The summed E-state index contributed by atoms with van der Waals surface area (Å²) in [6.07, 6.45) is 0.495. The van der Waals surface area contributed by atoms with E-state index in [0.717, 1.165) is 5.56 Å². The highest BCUT2D eigenvalue weighted by Gasteiger charge is 2.28. The number of halogens is 1. The van der Waals surface area contributed by atoms with Gasteiger partial charge >= 0.3 is 0 Å². The molecular formula is C23H20FNO4. The van der Waals surface area contributed by atoms with Crippen LogP contribution in [0.4, 0.5) is 10.1 Å². The van der Waals surface area contributed by atoms with Crippen LogP contribution in [0, 0.1) is 11.7 Å². The van der Waals surface area contributed by atoms with Gasteiger partial charge in [-0.2, -0.15) is 0 Å². The lowest BCUT2D eigenvalue weighted by atomic mass is 9.95. The molecule has 0 saturated heterocycles. The van der Waals surface area contributed by atoms with Crippen LogP contribution in [-0.2, 0) is 11.2 Å². The zero-order valence-corrected chi connectivity index (χ0v) is 15.9. The van der Waals surface area contributed by atoms with Crippen molar-refractivity contribution in [2.75, 3.05) is 19.0 Å². The molecule has 3 aromatic carbocycles. The molecule has 1 amide bonds. The summed E-state index contributed by atoms with van der Waals surface area (Å²) in [5.41, 5.74) is 0.924. The van der Waals surface area contributed by atoms with Crippen LogP contribution in [0.15, 0.2) is 66.7 Å². The number of para-hydroxylation sites is 2. The summed E-state index contributed by atoms with van der Waals surface area (Å²) in [4.78, 5) is 12.8. The van der Waals surface area contributed by atoms with Gasteiger partial charge in [0, 0.05) is 6.07 Å². The van der Waals surface area contributed by atoms with Gasteiger partial charge in [0.15, 0.2) is 11.6 Å². The molecule has 0 bridgehead atoms. The van der Waals surface area contributed by atoms with Gasteiger partial charge in [0.2, 0.25) is 5.91 Å². The van der Waals surface area contributed by atoms with Crippen molar-refractivity contribution in [1.29, 1.82) is 0 Å². The molecule has 4 rings (SSSR count). The van der Waals surface area contributed by atoms with E-state index in [1.165, 1.54) is 12.1 Å². The molecule has 6 heteroatoms. The second-order valence-electron chi connectivity index (χ2n) is 6.70. The molecule has 0 radical (unpaired) electrons. The Kier molecular flexibility index (Phi) is 5.33. The number of hydrogen-bond acceptors (Lipinski definition) is 4. The highest BCUT2D eigenvalue weighted by molar-refractivity contribution is 5.94. The molecule has 0 aliphatic carbocycles. The first-order chi connectivity index (χ1) is 14.1. The Morgan fingerprint density at radius 2 is 1.90 bits per heavy atom. The minimum atomic E-state index is -0.561.